The Kier molecular flexibility index (Phi) is 4.27. The van der Waals surface area contributed by atoms with Crippen LogP contribution in [0, 0.1) is 0 Å². The molecule has 1 aliphatic heterocycles. The summed E-state index contributed by atoms with van der Waals surface area (Å²) < 4.78 is 11.0. The molecule has 0 radical (unpaired) electrons. The van der Waals surface area contributed by atoms with E-state index in [1.165, 1.54) is 0 Å². The zero-order chi connectivity index (χ0) is 11.4. The molecular weight excluding hydrogens is 249 g/mol. The SMILES string of the molecule is ClCc1cc(OC2CCOCC2)ncc1Cl. The Bertz CT molecular complexity index is 354. The molecule has 0 N–H and O–H groups in total. The van der Waals surface area contributed by atoms with Crippen molar-refractivity contribution in [3.8, 4) is 5.88 Å². The summed E-state index contributed by atoms with van der Waals surface area (Å²) in [7, 11) is 0. The number of halogens is 2. The molecule has 1 aliphatic rings. The predicted molar refractivity (Wildman–Crippen MR) is 63.3 cm³/mol. The Hall–Kier alpha value is -0.510. The third-order valence-corrected chi connectivity index (χ3v) is 3.14. The van der Waals surface area contributed by atoms with Gasteiger partial charge in [-0.05, 0) is 5.56 Å². The third kappa shape index (κ3) is 3.00. The summed E-state index contributed by atoms with van der Waals surface area (Å²) in [6.45, 7) is 1.50. The molecule has 2 heterocycles. The van der Waals surface area contributed by atoms with Gasteiger partial charge in [-0.25, -0.2) is 4.98 Å². The molecular formula is C11H13Cl2NO2. The maximum absolute atomic E-state index is 5.92. The Labute approximate surface area is 105 Å². The van der Waals surface area contributed by atoms with Crippen molar-refractivity contribution in [3.63, 3.8) is 0 Å². The maximum Gasteiger partial charge on any atom is 0.213 e. The van der Waals surface area contributed by atoms with E-state index in [4.69, 9.17) is 32.7 Å². The van der Waals surface area contributed by atoms with Crippen LogP contribution in [-0.2, 0) is 10.6 Å². The number of pyridine rings is 1. The molecule has 0 bridgehead atoms. The quantitative estimate of drug-likeness (QED) is 0.784. The average Bonchev–Trinajstić information content (AvgIpc) is 2.33. The second kappa shape index (κ2) is 5.71. The van der Waals surface area contributed by atoms with Crippen LogP contribution in [0.2, 0.25) is 5.02 Å². The molecule has 0 saturated carbocycles. The van der Waals surface area contributed by atoms with E-state index in [9.17, 15) is 0 Å². The Morgan fingerprint density at radius 3 is 2.88 bits per heavy atom. The lowest BCUT2D eigenvalue weighted by molar-refractivity contribution is 0.0237. The van der Waals surface area contributed by atoms with E-state index in [1.54, 1.807) is 12.3 Å². The largest absolute Gasteiger partial charge is 0.474 e. The summed E-state index contributed by atoms with van der Waals surface area (Å²) in [5.74, 6) is 0.956. The summed E-state index contributed by atoms with van der Waals surface area (Å²) >= 11 is 11.7. The molecule has 16 heavy (non-hydrogen) atoms. The Morgan fingerprint density at radius 1 is 1.44 bits per heavy atom. The molecule has 5 heteroatoms. The van der Waals surface area contributed by atoms with Crippen molar-refractivity contribution < 1.29 is 9.47 Å². The number of alkyl halides is 1. The molecule has 0 amide bonds. The van der Waals surface area contributed by atoms with Crippen LogP contribution >= 0.6 is 23.2 Å². The first kappa shape index (κ1) is 12.0. The van der Waals surface area contributed by atoms with E-state index in [2.05, 4.69) is 4.98 Å². The minimum atomic E-state index is 0.186. The lowest BCUT2D eigenvalue weighted by Gasteiger charge is -2.22. The van der Waals surface area contributed by atoms with Gasteiger partial charge in [-0.3, -0.25) is 0 Å². The number of aromatic nitrogens is 1. The van der Waals surface area contributed by atoms with Crippen molar-refractivity contribution in [2.24, 2.45) is 0 Å². The van der Waals surface area contributed by atoms with Crippen LogP contribution in [0.3, 0.4) is 0 Å². The molecule has 0 atom stereocenters. The van der Waals surface area contributed by atoms with Gasteiger partial charge in [0.25, 0.3) is 0 Å². The van der Waals surface area contributed by atoms with Gasteiger partial charge < -0.3 is 9.47 Å². The van der Waals surface area contributed by atoms with Crippen molar-refractivity contribution in [1.82, 2.24) is 4.98 Å². The number of ether oxygens (including phenoxy) is 2. The van der Waals surface area contributed by atoms with Gasteiger partial charge in [0.05, 0.1) is 18.2 Å². The van der Waals surface area contributed by atoms with E-state index < -0.39 is 0 Å². The van der Waals surface area contributed by atoms with E-state index in [0.717, 1.165) is 31.6 Å². The van der Waals surface area contributed by atoms with Crippen LogP contribution in [0.1, 0.15) is 18.4 Å². The molecule has 1 saturated heterocycles. The van der Waals surface area contributed by atoms with E-state index in [-0.39, 0.29) is 6.10 Å². The summed E-state index contributed by atoms with van der Waals surface area (Å²) in [6, 6.07) is 1.80. The molecule has 0 spiro atoms. The zero-order valence-corrected chi connectivity index (χ0v) is 10.3. The first-order valence-corrected chi connectivity index (χ1v) is 6.15. The van der Waals surface area contributed by atoms with Gasteiger partial charge in [-0.15, -0.1) is 11.6 Å². The lowest BCUT2D eigenvalue weighted by atomic mass is 10.1. The second-order valence-electron chi connectivity index (χ2n) is 3.68. The lowest BCUT2D eigenvalue weighted by Crippen LogP contribution is -2.26. The fourth-order valence-electron chi connectivity index (χ4n) is 1.59. The molecule has 1 aromatic heterocycles. The number of hydrogen-bond donors (Lipinski definition) is 0. The van der Waals surface area contributed by atoms with Crippen LogP contribution in [0.25, 0.3) is 0 Å². The van der Waals surface area contributed by atoms with Crippen molar-refractivity contribution in [2.45, 2.75) is 24.8 Å². The van der Waals surface area contributed by atoms with Gasteiger partial charge in [-0.2, -0.15) is 0 Å². The van der Waals surface area contributed by atoms with Crippen LogP contribution in [0.4, 0.5) is 0 Å². The first-order chi connectivity index (χ1) is 7.79. The highest BCUT2D eigenvalue weighted by molar-refractivity contribution is 6.32. The number of rotatable bonds is 3. The molecule has 1 aromatic rings. The summed E-state index contributed by atoms with van der Waals surface area (Å²) in [5, 5.41) is 0.578. The van der Waals surface area contributed by atoms with Crippen LogP contribution in [0.5, 0.6) is 5.88 Å². The van der Waals surface area contributed by atoms with Crippen molar-refractivity contribution >= 4 is 23.2 Å². The molecule has 88 valence electrons. The highest BCUT2D eigenvalue weighted by Crippen LogP contribution is 2.23. The van der Waals surface area contributed by atoms with Gasteiger partial charge >= 0.3 is 0 Å². The van der Waals surface area contributed by atoms with Gasteiger partial charge in [0, 0.05) is 31.0 Å². The summed E-state index contributed by atoms with van der Waals surface area (Å²) in [4.78, 5) is 4.13. The normalized spacial score (nSPS) is 17.4. The maximum atomic E-state index is 5.92. The molecule has 0 aliphatic carbocycles. The Morgan fingerprint density at radius 2 is 2.19 bits per heavy atom. The molecule has 0 aromatic carbocycles. The standard InChI is InChI=1S/C11H13Cl2NO2/c12-6-8-5-11(14-7-10(8)13)16-9-1-3-15-4-2-9/h5,7,9H,1-4,6H2. The number of nitrogens with zero attached hydrogens (tertiary/aromatic N) is 1. The third-order valence-electron chi connectivity index (χ3n) is 2.51. The van der Waals surface area contributed by atoms with E-state index >= 15 is 0 Å². The van der Waals surface area contributed by atoms with Crippen molar-refractivity contribution in [2.75, 3.05) is 13.2 Å². The Balaban J connectivity index is 2.03. The first-order valence-electron chi connectivity index (χ1n) is 5.24. The average molecular weight is 262 g/mol. The highest BCUT2D eigenvalue weighted by atomic mass is 35.5. The van der Waals surface area contributed by atoms with Gasteiger partial charge in [0.15, 0.2) is 0 Å². The van der Waals surface area contributed by atoms with Crippen LogP contribution < -0.4 is 4.74 Å². The van der Waals surface area contributed by atoms with Crippen molar-refractivity contribution in [1.29, 1.82) is 0 Å². The zero-order valence-electron chi connectivity index (χ0n) is 8.79. The minimum Gasteiger partial charge on any atom is -0.474 e. The van der Waals surface area contributed by atoms with E-state index in [0.29, 0.717) is 16.8 Å². The topological polar surface area (TPSA) is 31.4 Å². The van der Waals surface area contributed by atoms with E-state index in [1.807, 2.05) is 0 Å². The summed E-state index contributed by atoms with van der Waals surface area (Å²) in [5.41, 5.74) is 0.848. The van der Waals surface area contributed by atoms with Gasteiger partial charge in [-0.1, -0.05) is 11.6 Å². The monoisotopic (exact) mass is 261 g/mol. The highest BCUT2D eigenvalue weighted by Gasteiger charge is 2.16. The fraction of sp³-hybridized carbons (Fsp3) is 0.545. The fourth-order valence-corrected chi connectivity index (χ4v) is 2.05. The van der Waals surface area contributed by atoms with Crippen LogP contribution in [0.15, 0.2) is 12.3 Å². The van der Waals surface area contributed by atoms with Crippen molar-refractivity contribution in [3.05, 3.63) is 22.8 Å². The minimum absolute atomic E-state index is 0.186. The predicted octanol–water partition coefficient (Wildman–Crippen LogP) is 3.03. The smallest absolute Gasteiger partial charge is 0.213 e. The van der Waals surface area contributed by atoms with Gasteiger partial charge in [0.2, 0.25) is 5.88 Å². The van der Waals surface area contributed by atoms with Gasteiger partial charge in [0.1, 0.15) is 6.10 Å². The molecule has 3 nitrogen and oxygen atoms in total. The molecule has 2 rings (SSSR count). The summed E-state index contributed by atoms with van der Waals surface area (Å²) in [6.07, 6.45) is 3.57. The number of hydrogen-bond acceptors (Lipinski definition) is 3. The van der Waals surface area contributed by atoms with Crippen LogP contribution in [-0.4, -0.2) is 24.3 Å². The molecule has 0 unspecified atom stereocenters. The molecule has 1 fully saturated rings. The second-order valence-corrected chi connectivity index (χ2v) is 4.35.